The monoisotopic (exact) mass is 429 g/mol. The fourth-order valence-electron chi connectivity index (χ4n) is 4.70. The van der Waals surface area contributed by atoms with Crippen molar-refractivity contribution in [3.63, 3.8) is 0 Å². The lowest BCUT2D eigenvalue weighted by Gasteiger charge is -2.10. The smallest absolute Gasteiger partial charge is 0.229 e. The Morgan fingerprint density at radius 2 is 2.00 bits per heavy atom. The van der Waals surface area contributed by atoms with Crippen LogP contribution in [0.4, 0.5) is 10.2 Å². The normalized spacial score (nSPS) is 19.8. The van der Waals surface area contributed by atoms with Crippen LogP contribution in [-0.2, 0) is 11.8 Å². The predicted octanol–water partition coefficient (Wildman–Crippen LogP) is 4.86. The molecule has 0 aliphatic heterocycles. The molecule has 1 fully saturated rings. The zero-order chi connectivity index (χ0) is 22.4. The molecule has 0 bridgehead atoms. The summed E-state index contributed by atoms with van der Waals surface area (Å²) in [6, 6.07) is 6.92. The molecule has 1 amide bonds. The van der Waals surface area contributed by atoms with Crippen molar-refractivity contribution in [1.82, 2.24) is 19.7 Å². The number of amides is 1. The molecule has 1 N–H and O–H groups in total. The lowest BCUT2D eigenvalue weighted by atomic mass is 9.99. The third-order valence-electron chi connectivity index (χ3n) is 6.44. The van der Waals surface area contributed by atoms with Gasteiger partial charge in [-0.1, -0.05) is 13.3 Å². The van der Waals surface area contributed by atoms with E-state index in [-0.39, 0.29) is 23.6 Å². The summed E-state index contributed by atoms with van der Waals surface area (Å²) in [5.74, 6) is 0.494. The average Bonchev–Trinajstić information content (AvgIpc) is 3.37. The molecule has 3 atom stereocenters. The molecule has 7 heteroatoms. The molecular weight excluding hydrogens is 405 g/mol. The first-order chi connectivity index (χ1) is 15.5. The molecule has 1 aliphatic rings. The third-order valence-corrected chi connectivity index (χ3v) is 6.44. The molecule has 1 aromatic carbocycles. The van der Waals surface area contributed by atoms with Crippen molar-refractivity contribution in [2.45, 2.75) is 26.2 Å². The van der Waals surface area contributed by atoms with Crippen molar-refractivity contribution < 1.29 is 9.18 Å². The van der Waals surface area contributed by atoms with Crippen molar-refractivity contribution in [3.05, 3.63) is 72.2 Å². The van der Waals surface area contributed by atoms with Crippen molar-refractivity contribution in [2.75, 3.05) is 5.32 Å². The van der Waals surface area contributed by atoms with E-state index in [0.717, 1.165) is 28.5 Å². The van der Waals surface area contributed by atoms with Gasteiger partial charge in [-0.3, -0.25) is 14.5 Å². The molecule has 0 unspecified atom stereocenters. The second kappa shape index (κ2) is 7.82. The number of hydrogen-bond acceptors (Lipinski definition) is 4. The van der Waals surface area contributed by atoms with Gasteiger partial charge in [0.25, 0.3) is 0 Å². The molecule has 6 nitrogen and oxygen atoms in total. The van der Waals surface area contributed by atoms with Crippen molar-refractivity contribution in [1.29, 1.82) is 0 Å². The fraction of sp³-hybridized carbons (Fsp3) is 0.280. The SMILES string of the molecule is CC[C@H]1[C@H](C(=O)Nc2cc3cc(-c4cnccc4C)c(F)cc3cn2)[C@H]1c1cnn(C)c1. The number of fused-ring (bicyclic) bond motifs is 1. The number of benzene rings is 1. The molecule has 0 saturated heterocycles. The first-order valence-corrected chi connectivity index (χ1v) is 10.8. The molecule has 32 heavy (non-hydrogen) atoms. The standard InChI is InChI=1S/C25H24FN5O/c1-4-18-23(17-11-29-31(3)13-17)24(18)25(32)30-22-9-15-7-19(20-12-27-6-5-14(20)2)21(26)8-16(15)10-28-22/h5-13,18,23-24H,4H2,1-3H3,(H,28,30,32)/t18-,23+,24+/m1/s1. The second-order valence-corrected chi connectivity index (χ2v) is 8.50. The van der Waals surface area contributed by atoms with Crippen LogP contribution in [0.25, 0.3) is 21.9 Å². The number of rotatable bonds is 5. The number of hydrogen-bond donors (Lipinski definition) is 1. The van der Waals surface area contributed by atoms with Crippen LogP contribution in [0.5, 0.6) is 0 Å². The van der Waals surface area contributed by atoms with Gasteiger partial charge in [-0.05, 0) is 53.6 Å². The van der Waals surface area contributed by atoms with Gasteiger partial charge >= 0.3 is 0 Å². The average molecular weight is 429 g/mol. The number of halogens is 1. The van der Waals surface area contributed by atoms with Crippen LogP contribution in [-0.4, -0.2) is 25.7 Å². The maximum Gasteiger partial charge on any atom is 0.229 e. The van der Waals surface area contributed by atoms with Crippen LogP contribution in [0.2, 0.25) is 0 Å². The van der Waals surface area contributed by atoms with Crippen LogP contribution < -0.4 is 5.32 Å². The van der Waals surface area contributed by atoms with Crippen molar-refractivity contribution in [3.8, 4) is 11.1 Å². The highest BCUT2D eigenvalue weighted by atomic mass is 19.1. The minimum Gasteiger partial charge on any atom is -0.310 e. The summed E-state index contributed by atoms with van der Waals surface area (Å²) < 4.78 is 16.5. The van der Waals surface area contributed by atoms with Crippen LogP contribution in [0.3, 0.4) is 0 Å². The van der Waals surface area contributed by atoms with E-state index in [1.54, 1.807) is 35.4 Å². The van der Waals surface area contributed by atoms with Crippen molar-refractivity contribution >= 4 is 22.5 Å². The molecule has 3 heterocycles. The summed E-state index contributed by atoms with van der Waals surface area (Å²) >= 11 is 0. The van der Waals surface area contributed by atoms with Gasteiger partial charge < -0.3 is 5.32 Å². The van der Waals surface area contributed by atoms with Gasteiger partial charge in [0.1, 0.15) is 11.6 Å². The first kappa shape index (κ1) is 20.3. The van der Waals surface area contributed by atoms with E-state index in [4.69, 9.17) is 0 Å². The van der Waals surface area contributed by atoms with Crippen LogP contribution >= 0.6 is 0 Å². The van der Waals surface area contributed by atoms with E-state index in [1.807, 2.05) is 32.4 Å². The molecule has 4 aromatic rings. The van der Waals surface area contributed by atoms with E-state index in [1.165, 1.54) is 6.07 Å². The first-order valence-electron chi connectivity index (χ1n) is 10.8. The van der Waals surface area contributed by atoms with Crippen molar-refractivity contribution in [2.24, 2.45) is 18.9 Å². The Balaban J connectivity index is 1.42. The topological polar surface area (TPSA) is 72.7 Å². The molecule has 0 radical (unpaired) electrons. The largest absolute Gasteiger partial charge is 0.310 e. The van der Waals surface area contributed by atoms with Gasteiger partial charge in [-0.15, -0.1) is 0 Å². The summed E-state index contributed by atoms with van der Waals surface area (Å²) in [6.45, 7) is 4.03. The highest BCUT2D eigenvalue weighted by Crippen LogP contribution is 2.56. The predicted molar refractivity (Wildman–Crippen MR) is 122 cm³/mol. The summed E-state index contributed by atoms with van der Waals surface area (Å²) in [6.07, 6.45) is 9.69. The lowest BCUT2D eigenvalue weighted by Crippen LogP contribution is -2.16. The summed E-state index contributed by atoms with van der Waals surface area (Å²) in [7, 11) is 1.88. The summed E-state index contributed by atoms with van der Waals surface area (Å²) in [4.78, 5) is 21.5. The highest BCUT2D eigenvalue weighted by molar-refractivity contribution is 5.97. The Morgan fingerprint density at radius 3 is 2.72 bits per heavy atom. The van der Waals surface area contributed by atoms with Crippen LogP contribution in [0.15, 0.2) is 55.2 Å². The van der Waals surface area contributed by atoms with E-state index in [2.05, 4.69) is 27.3 Å². The van der Waals surface area contributed by atoms with Crippen LogP contribution in [0.1, 0.15) is 30.4 Å². The highest BCUT2D eigenvalue weighted by Gasteiger charge is 2.54. The maximum atomic E-state index is 14.8. The minimum atomic E-state index is -0.324. The van der Waals surface area contributed by atoms with Gasteiger partial charge in [-0.25, -0.2) is 9.37 Å². The number of anilines is 1. The molecular formula is C25H24FN5O. The Morgan fingerprint density at radius 1 is 1.16 bits per heavy atom. The number of aromatic nitrogens is 4. The number of nitrogens with one attached hydrogen (secondary N) is 1. The minimum absolute atomic E-state index is 0.0389. The Hall–Kier alpha value is -3.61. The van der Waals surface area contributed by atoms with Gasteiger partial charge in [0.15, 0.2) is 0 Å². The summed E-state index contributed by atoms with van der Waals surface area (Å²) in [5, 5.41) is 8.70. The Kier molecular flexibility index (Phi) is 4.96. The summed E-state index contributed by atoms with van der Waals surface area (Å²) in [5.41, 5.74) is 3.27. The molecule has 3 aromatic heterocycles. The Labute approximate surface area is 185 Å². The molecule has 5 rings (SSSR count). The third kappa shape index (κ3) is 3.53. The van der Waals surface area contributed by atoms with Gasteiger partial charge in [0.2, 0.25) is 5.91 Å². The lowest BCUT2D eigenvalue weighted by molar-refractivity contribution is -0.117. The maximum absolute atomic E-state index is 14.8. The zero-order valence-corrected chi connectivity index (χ0v) is 18.2. The number of carbonyl (C=O) groups excluding carboxylic acids is 1. The van der Waals surface area contributed by atoms with Gasteiger partial charge in [-0.2, -0.15) is 5.10 Å². The second-order valence-electron chi connectivity index (χ2n) is 8.50. The molecule has 162 valence electrons. The van der Waals surface area contributed by atoms with E-state index < -0.39 is 0 Å². The van der Waals surface area contributed by atoms with Crippen LogP contribution in [0, 0.1) is 24.6 Å². The number of pyridine rings is 2. The van der Waals surface area contributed by atoms with Gasteiger partial charge in [0.05, 0.1) is 6.20 Å². The molecule has 0 spiro atoms. The van der Waals surface area contributed by atoms with E-state index in [0.29, 0.717) is 22.7 Å². The van der Waals surface area contributed by atoms with Gasteiger partial charge in [0, 0.05) is 60.2 Å². The molecule has 1 saturated carbocycles. The number of aryl methyl sites for hydroxylation is 2. The van der Waals surface area contributed by atoms with E-state index >= 15 is 0 Å². The molecule has 1 aliphatic carbocycles. The number of nitrogens with zero attached hydrogens (tertiary/aromatic N) is 4. The number of carbonyl (C=O) groups is 1. The quantitative estimate of drug-likeness (QED) is 0.492. The fourth-order valence-corrected chi connectivity index (χ4v) is 4.70. The Bertz CT molecular complexity index is 1330. The van der Waals surface area contributed by atoms with E-state index in [9.17, 15) is 9.18 Å². The zero-order valence-electron chi connectivity index (χ0n) is 18.2.